The minimum atomic E-state index is -3.65. The number of carbonyl (C=O) groups excluding carboxylic acids is 2. The molecule has 0 atom stereocenters. The van der Waals surface area contributed by atoms with Crippen LogP contribution in [0.1, 0.15) is 40.5 Å². The van der Waals surface area contributed by atoms with Gasteiger partial charge in [0.05, 0.1) is 0 Å². The van der Waals surface area contributed by atoms with Gasteiger partial charge >= 0.3 is 20.1 Å². The molecule has 0 aliphatic rings. The van der Waals surface area contributed by atoms with Crippen LogP contribution in [-0.2, 0) is 23.2 Å². The van der Waals surface area contributed by atoms with Gasteiger partial charge in [-0.15, -0.1) is 9.05 Å². The first-order valence-electron chi connectivity index (χ1n) is 7.33. The van der Waals surface area contributed by atoms with Crippen molar-refractivity contribution in [2.75, 3.05) is 13.2 Å². The SMILES string of the molecule is CC(C)CC(F)(F)C(=O)CO[P+](=O)OCC(=O)C(F)(F)CC(C)C. The summed E-state index contributed by atoms with van der Waals surface area (Å²) in [5.41, 5.74) is 0. The molecule has 0 aromatic heterocycles. The van der Waals surface area contributed by atoms with Crippen LogP contribution >= 0.6 is 8.25 Å². The Morgan fingerprint density at radius 1 is 0.833 bits per heavy atom. The normalized spacial score (nSPS) is 12.8. The van der Waals surface area contributed by atoms with Gasteiger partial charge in [0.2, 0.25) is 11.6 Å². The highest BCUT2D eigenvalue weighted by atomic mass is 31.1. The first kappa shape index (κ1) is 23.1. The molecule has 0 heterocycles. The fraction of sp³-hybridized carbons (Fsp3) is 0.857. The van der Waals surface area contributed by atoms with E-state index in [1.807, 2.05) is 0 Å². The van der Waals surface area contributed by atoms with Crippen LogP contribution in [0.25, 0.3) is 0 Å². The number of Topliss-reactive ketones (excluding diaryl/α,β-unsaturated/α-hetero) is 2. The molecule has 0 saturated carbocycles. The van der Waals surface area contributed by atoms with Crippen LogP contribution in [0.5, 0.6) is 0 Å². The van der Waals surface area contributed by atoms with Crippen LogP contribution in [0.2, 0.25) is 0 Å². The van der Waals surface area contributed by atoms with Crippen molar-refractivity contribution >= 4 is 19.8 Å². The maximum Gasteiger partial charge on any atom is 0.698 e. The number of halogens is 4. The highest BCUT2D eigenvalue weighted by Gasteiger charge is 2.43. The molecule has 140 valence electrons. The number of hydrogen-bond donors (Lipinski definition) is 0. The number of carbonyl (C=O) groups is 2. The molecular formula is C14H22F4O5P+. The first-order chi connectivity index (χ1) is 10.8. The van der Waals surface area contributed by atoms with Gasteiger partial charge in [-0.3, -0.25) is 9.59 Å². The molecule has 0 aromatic carbocycles. The van der Waals surface area contributed by atoms with Crippen molar-refractivity contribution in [1.29, 1.82) is 0 Å². The van der Waals surface area contributed by atoms with E-state index in [4.69, 9.17) is 0 Å². The number of hydrogen-bond acceptors (Lipinski definition) is 5. The molecule has 10 heteroatoms. The topological polar surface area (TPSA) is 69.7 Å². The van der Waals surface area contributed by atoms with Crippen LogP contribution in [0.4, 0.5) is 17.6 Å². The lowest BCUT2D eigenvalue weighted by Gasteiger charge is -2.15. The lowest BCUT2D eigenvalue weighted by molar-refractivity contribution is -0.148. The summed E-state index contributed by atoms with van der Waals surface area (Å²) in [4.78, 5) is 22.6. The molecule has 0 aliphatic carbocycles. The van der Waals surface area contributed by atoms with Gasteiger partial charge in [-0.05, 0) is 11.8 Å². The zero-order valence-corrected chi connectivity index (χ0v) is 14.9. The highest BCUT2D eigenvalue weighted by molar-refractivity contribution is 7.33. The van der Waals surface area contributed by atoms with E-state index in [1.54, 1.807) is 0 Å². The number of alkyl halides is 4. The van der Waals surface area contributed by atoms with Crippen molar-refractivity contribution in [2.45, 2.75) is 52.4 Å². The molecule has 0 aromatic rings. The Balaban J connectivity index is 4.33. The fourth-order valence-electron chi connectivity index (χ4n) is 1.72. The minimum absolute atomic E-state index is 0.449. The maximum atomic E-state index is 13.4. The molecule has 0 fully saturated rings. The lowest BCUT2D eigenvalue weighted by atomic mass is 10.0. The second-order valence-corrected chi connectivity index (χ2v) is 7.19. The number of rotatable bonds is 12. The summed E-state index contributed by atoms with van der Waals surface area (Å²) in [6, 6.07) is 0. The van der Waals surface area contributed by atoms with Crippen molar-refractivity contribution in [1.82, 2.24) is 0 Å². The maximum absolute atomic E-state index is 13.4. The molecule has 0 amide bonds. The summed E-state index contributed by atoms with van der Waals surface area (Å²) in [5, 5.41) is 0. The fourth-order valence-corrected chi connectivity index (χ4v) is 2.24. The highest BCUT2D eigenvalue weighted by Crippen LogP contribution is 2.30. The molecule has 0 N–H and O–H groups in total. The molecule has 0 bridgehead atoms. The number of ketones is 2. The third-order valence-electron chi connectivity index (χ3n) is 2.75. The molecule has 0 saturated heterocycles. The van der Waals surface area contributed by atoms with Crippen molar-refractivity contribution in [3.8, 4) is 0 Å². The Kier molecular flexibility index (Phi) is 9.17. The van der Waals surface area contributed by atoms with Crippen LogP contribution in [0, 0.1) is 11.8 Å². The quantitative estimate of drug-likeness (QED) is 0.377. The van der Waals surface area contributed by atoms with Crippen molar-refractivity contribution in [2.24, 2.45) is 11.8 Å². The summed E-state index contributed by atoms with van der Waals surface area (Å²) >= 11 is 0. The zero-order valence-electron chi connectivity index (χ0n) is 14.0. The first-order valence-corrected chi connectivity index (χ1v) is 8.42. The van der Waals surface area contributed by atoms with E-state index in [9.17, 15) is 31.7 Å². The molecule has 0 aliphatic heterocycles. The van der Waals surface area contributed by atoms with E-state index >= 15 is 0 Å². The largest absolute Gasteiger partial charge is 0.698 e. The Morgan fingerprint density at radius 2 is 1.12 bits per heavy atom. The predicted octanol–water partition coefficient (Wildman–Crippen LogP) is 4.18. The molecule has 0 spiro atoms. The standard InChI is InChI=1S/C14H22F4O5P/c1-9(2)5-13(15,16)11(19)7-22-24(21)23-8-12(20)14(17,18)6-10(3)4/h9-10H,5-8H2,1-4H3/q+1. The second kappa shape index (κ2) is 9.53. The van der Waals surface area contributed by atoms with E-state index in [0.717, 1.165) is 0 Å². The summed E-state index contributed by atoms with van der Waals surface area (Å²) in [6.07, 6.45) is -1.40. The van der Waals surface area contributed by atoms with Crippen LogP contribution < -0.4 is 0 Å². The Labute approximate surface area is 139 Å². The molecule has 5 nitrogen and oxygen atoms in total. The predicted molar refractivity (Wildman–Crippen MR) is 78.3 cm³/mol. The second-order valence-electron chi connectivity index (χ2n) is 6.22. The average Bonchev–Trinajstić information content (AvgIpc) is 2.38. The van der Waals surface area contributed by atoms with Crippen LogP contribution in [-0.4, -0.2) is 36.6 Å². The summed E-state index contributed by atoms with van der Waals surface area (Å²) in [7, 11) is -3.14. The molecule has 0 unspecified atom stereocenters. The monoisotopic (exact) mass is 377 g/mol. The van der Waals surface area contributed by atoms with Gasteiger partial charge in [0.1, 0.15) is 0 Å². The summed E-state index contributed by atoms with van der Waals surface area (Å²) in [5.74, 6) is -11.4. The van der Waals surface area contributed by atoms with Gasteiger partial charge < -0.3 is 0 Å². The van der Waals surface area contributed by atoms with E-state index < -0.39 is 69.6 Å². The van der Waals surface area contributed by atoms with E-state index in [0.29, 0.717) is 0 Å². The Hall–Kier alpha value is -0.920. The molecular weight excluding hydrogens is 355 g/mol. The Bertz CT molecular complexity index is 426. The zero-order chi connectivity index (χ0) is 19.1. The van der Waals surface area contributed by atoms with E-state index in [1.165, 1.54) is 27.7 Å². The third-order valence-corrected chi connectivity index (χ3v) is 3.43. The van der Waals surface area contributed by atoms with E-state index in [-0.39, 0.29) is 0 Å². The van der Waals surface area contributed by atoms with Gasteiger partial charge in [-0.2, -0.15) is 17.6 Å². The van der Waals surface area contributed by atoms with Gasteiger partial charge in [-0.1, -0.05) is 27.7 Å². The molecule has 0 radical (unpaired) electrons. The summed E-state index contributed by atoms with van der Waals surface area (Å²) < 4.78 is 73.4. The summed E-state index contributed by atoms with van der Waals surface area (Å²) in [6.45, 7) is 3.57. The average molecular weight is 377 g/mol. The van der Waals surface area contributed by atoms with Crippen molar-refractivity contribution in [3.05, 3.63) is 0 Å². The van der Waals surface area contributed by atoms with Gasteiger partial charge in [0.25, 0.3) is 0 Å². The van der Waals surface area contributed by atoms with Crippen LogP contribution in [0.3, 0.4) is 0 Å². The van der Waals surface area contributed by atoms with Crippen LogP contribution in [0.15, 0.2) is 0 Å². The molecule has 24 heavy (non-hydrogen) atoms. The van der Waals surface area contributed by atoms with Crippen molar-refractivity contribution in [3.63, 3.8) is 0 Å². The molecule has 0 rings (SSSR count). The smallest absolute Gasteiger partial charge is 0.290 e. The van der Waals surface area contributed by atoms with Gasteiger partial charge in [0, 0.05) is 17.4 Å². The van der Waals surface area contributed by atoms with Crippen molar-refractivity contribution < 1.29 is 40.8 Å². The Morgan fingerprint density at radius 3 is 1.38 bits per heavy atom. The minimum Gasteiger partial charge on any atom is -0.290 e. The third kappa shape index (κ3) is 8.80. The lowest BCUT2D eigenvalue weighted by Crippen LogP contribution is -2.33. The van der Waals surface area contributed by atoms with E-state index in [2.05, 4.69) is 9.05 Å². The van der Waals surface area contributed by atoms with Gasteiger partial charge in [0.15, 0.2) is 13.2 Å². The van der Waals surface area contributed by atoms with Gasteiger partial charge in [-0.25, -0.2) is 0 Å².